The summed E-state index contributed by atoms with van der Waals surface area (Å²) in [6.07, 6.45) is 2.62. The number of carbonyl (C=O) groups excluding carboxylic acids is 1. The molecule has 0 aromatic heterocycles. The molecule has 0 saturated carbocycles. The lowest BCUT2D eigenvalue weighted by atomic mass is 9.94. The molecule has 90 valence electrons. The van der Waals surface area contributed by atoms with Gasteiger partial charge in [0.25, 0.3) is 0 Å². The smallest absolute Gasteiger partial charge is 0.311 e. The van der Waals surface area contributed by atoms with Crippen molar-refractivity contribution in [3.63, 3.8) is 0 Å². The molecule has 0 rings (SSSR count). The highest BCUT2D eigenvalue weighted by Gasteiger charge is 2.28. The minimum Gasteiger partial charge on any atom is -0.460 e. The summed E-state index contributed by atoms with van der Waals surface area (Å²) in [7, 11) is 0. The molecule has 2 atom stereocenters. The Labute approximate surface area is 93.4 Å². The molecule has 15 heavy (non-hydrogen) atoms. The Morgan fingerprint density at radius 3 is 2.20 bits per heavy atom. The van der Waals surface area contributed by atoms with Crippen molar-refractivity contribution in [1.29, 1.82) is 0 Å². The average Bonchev–Trinajstić information content (AvgIpc) is 2.02. The maximum absolute atomic E-state index is 11.8. The summed E-state index contributed by atoms with van der Waals surface area (Å²) in [5.41, 5.74) is 5.54. The van der Waals surface area contributed by atoms with Crippen LogP contribution >= 0.6 is 0 Å². The topological polar surface area (TPSA) is 52.3 Å². The molecule has 0 bridgehead atoms. The van der Waals surface area contributed by atoms with Crippen molar-refractivity contribution < 1.29 is 9.53 Å². The van der Waals surface area contributed by atoms with Crippen molar-refractivity contribution in [2.24, 2.45) is 11.7 Å². The Bertz CT molecular complexity index is 196. The third kappa shape index (κ3) is 5.78. The first-order valence-corrected chi connectivity index (χ1v) is 5.80. The lowest BCUT2D eigenvalue weighted by molar-refractivity contribution is -0.160. The molecule has 0 spiro atoms. The van der Waals surface area contributed by atoms with Crippen molar-refractivity contribution in [2.75, 3.05) is 0 Å². The molecular formula is C12H25NO2. The number of nitrogens with two attached hydrogens (primary N) is 1. The van der Waals surface area contributed by atoms with E-state index in [2.05, 4.69) is 6.92 Å². The summed E-state index contributed by atoms with van der Waals surface area (Å²) < 4.78 is 5.34. The van der Waals surface area contributed by atoms with Gasteiger partial charge in [0.15, 0.2) is 0 Å². The maximum Gasteiger partial charge on any atom is 0.311 e. The average molecular weight is 215 g/mol. The van der Waals surface area contributed by atoms with Crippen LogP contribution in [0.5, 0.6) is 0 Å². The largest absolute Gasteiger partial charge is 0.460 e. The SMILES string of the molecule is CCC[C@@H](N)[C@H](CC)C(=O)OC(C)(C)C. The first kappa shape index (κ1) is 14.4. The van der Waals surface area contributed by atoms with E-state index >= 15 is 0 Å². The van der Waals surface area contributed by atoms with Gasteiger partial charge < -0.3 is 10.5 Å². The highest BCUT2D eigenvalue weighted by Crippen LogP contribution is 2.17. The summed E-state index contributed by atoms with van der Waals surface area (Å²) in [6.45, 7) is 9.68. The van der Waals surface area contributed by atoms with Gasteiger partial charge in [-0.05, 0) is 33.6 Å². The van der Waals surface area contributed by atoms with Gasteiger partial charge in [-0.25, -0.2) is 0 Å². The maximum atomic E-state index is 11.8. The number of esters is 1. The highest BCUT2D eigenvalue weighted by molar-refractivity contribution is 5.73. The fourth-order valence-electron chi connectivity index (χ4n) is 1.56. The molecule has 0 unspecified atom stereocenters. The Morgan fingerprint density at radius 1 is 1.33 bits per heavy atom. The first-order chi connectivity index (χ1) is 6.81. The van der Waals surface area contributed by atoms with Crippen LogP contribution in [0.3, 0.4) is 0 Å². The molecule has 0 heterocycles. The van der Waals surface area contributed by atoms with Crippen LogP contribution in [0.15, 0.2) is 0 Å². The number of hydrogen-bond acceptors (Lipinski definition) is 3. The Kier molecular flexibility index (Phi) is 5.88. The van der Waals surface area contributed by atoms with E-state index in [1.165, 1.54) is 0 Å². The number of rotatable bonds is 5. The Hall–Kier alpha value is -0.570. The first-order valence-electron chi connectivity index (χ1n) is 5.80. The second kappa shape index (κ2) is 6.11. The van der Waals surface area contributed by atoms with Crippen LogP contribution in [0.2, 0.25) is 0 Å². The van der Waals surface area contributed by atoms with Gasteiger partial charge in [0, 0.05) is 6.04 Å². The minimum absolute atomic E-state index is 0.0742. The molecule has 2 N–H and O–H groups in total. The summed E-state index contributed by atoms with van der Waals surface area (Å²) >= 11 is 0. The zero-order chi connectivity index (χ0) is 12.1. The molecule has 0 fully saturated rings. The van der Waals surface area contributed by atoms with Gasteiger partial charge in [-0.3, -0.25) is 4.79 Å². The van der Waals surface area contributed by atoms with E-state index in [-0.39, 0.29) is 17.9 Å². The van der Waals surface area contributed by atoms with Crippen molar-refractivity contribution in [2.45, 2.75) is 65.5 Å². The number of carbonyl (C=O) groups is 1. The lowest BCUT2D eigenvalue weighted by Crippen LogP contribution is -2.39. The number of hydrogen-bond donors (Lipinski definition) is 1. The van der Waals surface area contributed by atoms with E-state index in [1.807, 2.05) is 27.7 Å². The van der Waals surface area contributed by atoms with E-state index in [0.717, 1.165) is 19.3 Å². The van der Waals surface area contributed by atoms with E-state index in [1.54, 1.807) is 0 Å². The van der Waals surface area contributed by atoms with Gasteiger partial charge in [-0.2, -0.15) is 0 Å². The van der Waals surface area contributed by atoms with Crippen LogP contribution in [0.1, 0.15) is 53.9 Å². The van der Waals surface area contributed by atoms with Crippen molar-refractivity contribution in [3.8, 4) is 0 Å². The molecule has 0 saturated heterocycles. The van der Waals surface area contributed by atoms with E-state index < -0.39 is 5.60 Å². The fraction of sp³-hybridized carbons (Fsp3) is 0.917. The van der Waals surface area contributed by atoms with Crippen LogP contribution in [0.4, 0.5) is 0 Å². The van der Waals surface area contributed by atoms with Crippen LogP contribution in [0.25, 0.3) is 0 Å². The molecule has 0 aromatic carbocycles. The van der Waals surface area contributed by atoms with Gasteiger partial charge in [0.2, 0.25) is 0 Å². The van der Waals surface area contributed by atoms with Gasteiger partial charge in [0.05, 0.1) is 5.92 Å². The predicted molar refractivity (Wildman–Crippen MR) is 62.5 cm³/mol. The van der Waals surface area contributed by atoms with Crippen LogP contribution < -0.4 is 5.73 Å². The zero-order valence-corrected chi connectivity index (χ0v) is 10.7. The van der Waals surface area contributed by atoms with Crippen LogP contribution in [-0.4, -0.2) is 17.6 Å². The molecular weight excluding hydrogens is 190 g/mol. The Balaban J connectivity index is 4.34. The molecule has 0 amide bonds. The molecule has 0 aliphatic carbocycles. The molecule has 0 aliphatic heterocycles. The third-order valence-corrected chi connectivity index (χ3v) is 2.29. The minimum atomic E-state index is -0.420. The third-order valence-electron chi connectivity index (χ3n) is 2.29. The van der Waals surface area contributed by atoms with Gasteiger partial charge >= 0.3 is 5.97 Å². The predicted octanol–water partition coefficient (Wildman–Crippen LogP) is 2.48. The second-order valence-electron chi connectivity index (χ2n) is 5.00. The monoisotopic (exact) mass is 215 g/mol. The molecule has 3 heteroatoms. The van der Waals surface area contributed by atoms with Crippen molar-refractivity contribution in [1.82, 2.24) is 0 Å². The summed E-state index contributed by atoms with van der Waals surface area (Å²) in [5, 5.41) is 0. The van der Waals surface area contributed by atoms with Crippen LogP contribution in [0, 0.1) is 5.92 Å². The summed E-state index contributed by atoms with van der Waals surface area (Å²) in [5.74, 6) is -0.324. The van der Waals surface area contributed by atoms with E-state index in [0.29, 0.717) is 0 Å². The van der Waals surface area contributed by atoms with Crippen molar-refractivity contribution >= 4 is 5.97 Å². The standard InChI is InChI=1S/C12H25NO2/c1-6-8-10(13)9(7-2)11(14)15-12(3,4)5/h9-10H,6-8,13H2,1-5H3/t9-,10+/m0/s1. The Morgan fingerprint density at radius 2 is 1.87 bits per heavy atom. The molecule has 0 radical (unpaired) electrons. The highest BCUT2D eigenvalue weighted by atomic mass is 16.6. The molecule has 3 nitrogen and oxygen atoms in total. The molecule has 0 aromatic rings. The normalized spacial score (nSPS) is 15.9. The van der Waals surface area contributed by atoms with E-state index in [9.17, 15) is 4.79 Å². The molecule has 0 aliphatic rings. The quantitative estimate of drug-likeness (QED) is 0.717. The summed E-state index contributed by atoms with van der Waals surface area (Å²) in [6, 6.07) is -0.0742. The summed E-state index contributed by atoms with van der Waals surface area (Å²) in [4.78, 5) is 11.8. The lowest BCUT2D eigenvalue weighted by Gasteiger charge is -2.26. The fourth-order valence-corrected chi connectivity index (χ4v) is 1.56. The second-order valence-corrected chi connectivity index (χ2v) is 5.00. The van der Waals surface area contributed by atoms with Crippen LogP contribution in [-0.2, 0) is 9.53 Å². The van der Waals surface area contributed by atoms with Gasteiger partial charge in [0.1, 0.15) is 5.60 Å². The van der Waals surface area contributed by atoms with E-state index in [4.69, 9.17) is 10.5 Å². The van der Waals surface area contributed by atoms with Crippen molar-refractivity contribution in [3.05, 3.63) is 0 Å². The van der Waals surface area contributed by atoms with Gasteiger partial charge in [-0.1, -0.05) is 20.3 Å². The van der Waals surface area contributed by atoms with Gasteiger partial charge in [-0.15, -0.1) is 0 Å². The number of ether oxygens (including phenoxy) is 1. The zero-order valence-electron chi connectivity index (χ0n) is 10.7.